The van der Waals surface area contributed by atoms with Crippen molar-refractivity contribution in [1.82, 2.24) is 5.32 Å². The lowest BCUT2D eigenvalue weighted by Gasteiger charge is -2.28. The third kappa shape index (κ3) is 5.99. The molecular weight excluding hydrogens is 320 g/mol. The minimum Gasteiger partial charge on any atom is -0.297 e. The molecule has 0 fully saturated rings. The van der Waals surface area contributed by atoms with E-state index in [4.69, 9.17) is 0 Å². The molecular formula is C15H21BrN2S. The summed E-state index contributed by atoms with van der Waals surface area (Å²) in [6.45, 7) is 8.29. The maximum absolute atomic E-state index is 9.36. The van der Waals surface area contributed by atoms with Gasteiger partial charge in [0.2, 0.25) is 0 Å². The highest BCUT2D eigenvalue weighted by Gasteiger charge is 2.27. The summed E-state index contributed by atoms with van der Waals surface area (Å²) in [5, 5.41) is 13.1. The first kappa shape index (κ1) is 16.6. The van der Waals surface area contributed by atoms with E-state index in [1.807, 2.05) is 30.8 Å². The fourth-order valence-electron chi connectivity index (χ4n) is 2.14. The average Bonchev–Trinajstić information content (AvgIpc) is 2.31. The maximum atomic E-state index is 9.36. The van der Waals surface area contributed by atoms with E-state index in [1.54, 1.807) is 0 Å². The third-order valence-electron chi connectivity index (χ3n) is 2.70. The molecule has 0 aliphatic carbocycles. The highest BCUT2D eigenvalue weighted by molar-refractivity contribution is 9.10. The zero-order valence-corrected chi connectivity index (χ0v) is 14.3. The van der Waals surface area contributed by atoms with Crippen LogP contribution in [0, 0.1) is 11.3 Å². The first-order chi connectivity index (χ1) is 8.84. The second-order valence-electron chi connectivity index (χ2n) is 5.33. The highest BCUT2D eigenvalue weighted by Crippen LogP contribution is 2.29. The van der Waals surface area contributed by atoms with Crippen molar-refractivity contribution in [2.24, 2.45) is 0 Å². The van der Waals surface area contributed by atoms with Gasteiger partial charge in [0.05, 0.1) is 6.07 Å². The molecule has 2 nitrogen and oxygen atoms in total. The van der Waals surface area contributed by atoms with Gasteiger partial charge in [-0.2, -0.15) is 5.26 Å². The maximum Gasteiger partial charge on any atom is 0.105 e. The van der Waals surface area contributed by atoms with Gasteiger partial charge in [-0.25, -0.2) is 0 Å². The Morgan fingerprint density at radius 1 is 1.32 bits per heavy atom. The van der Waals surface area contributed by atoms with Crippen LogP contribution in [0.1, 0.15) is 34.1 Å². The van der Waals surface area contributed by atoms with Gasteiger partial charge in [-0.1, -0.05) is 22.9 Å². The Hall–Kier alpha value is -0.500. The van der Waals surface area contributed by atoms with Crippen LogP contribution >= 0.6 is 27.7 Å². The van der Waals surface area contributed by atoms with Gasteiger partial charge in [0, 0.05) is 20.7 Å². The highest BCUT2D eigenvalue weighted by atomic mass is 79.9. The molecule has 19 heavy (non-hydrogen) atoms. The lowest BCUT2D eigenvalue weighted by molar-refractivity contribution is 0.382. The Morgan fingerprint density at radius 3 is 2.37 bits per heavy atom. The second kappa shape index (κ2) is 7.33. The molecule has 1 rings (SSSR count). The third-order valence-corrected chi connectivity index (χ3v) is 4.34. The van der Waals surface area contributed by atoms with Crippen LogP contribution in [-0.2, 0) is 0 Å². The predicted octanol–water partition coefficient (Wildman–Crippen LogP) is 4.60. The Balaban J connectivity index is 2.61. The largest absolute Gasteiger partial charge is 0.297 e. The van der Waals surface area contributed by atoms with Crippen LogP contribution in [0.25, 0.3) is 0 Å². The second-order valence-corrected chi connectivity index (χ2v) is 7.76. The quantitative estimate of drug-likeness (QED) is 0.768. The molecule has 0 radical (unpaired) electrons. The first-order valence-electron chi connectivity index (χ1n) is 6.46. The number of rotatable bonds is 6. The van der Waals surface area contributed by atoms with Gasteiger partial charge in [-0.15, -0.1) is 11.8 Å². The number of thioether (sulfide) groups is 1. The van der Waals surface area contributed by atoms with Crippen molar-refractivity contribution in [1.29, 1.82) is 5.26 Å². The van der Waals surface area contributed by atoms with E-state index < -0.39 is 5.54 Å². The van der Waals surface area contributed by atoms with Crippen LogP contribution < -0.4 is 5.32 Å². The molecule has 4 heteroatoms. The van der Waals surface area contributed by atoms with Crippen molar-refractivity contribution in [3.05, 3.63) is 28.7 Å². The lowest BCUT2D eigenvalue weighted by atomic mass is 9.97. The topological polar surface area (TPSA) is 35.8 Å². The molecule has 0 heterocycles. The van der Waals surface area contributed by atoms with E-state index in [0.29, 0.717) is 11.3 Å². The fourth-order valence-corrected chi connectivity index (χ4v) is 3.57. The number of hydrogen-bond donors (Lipinski definition) is 1. The molecule has 2 unspecified atom stereocenters. The summed E-state index contributed by atoms with van der Waals surface area (Å²) in [5.74, 6) is 0. The molecule has 1 aromatic carbocycles. The number of halogens is 1. The minimum atomic E-state index is -0.462. The fraction of sp³-hybridized carbons (Fsp3) is 0.533. The van der Waals surface area contributed by atoms with E-state index in [1.165, 1.54) is 4.90 Å². The van der Waals surface area contributed by atoms with Gasteiger partial charge in [-0.3, -0.25) is 5.32 Å². The number of nitrogens with one attached hydrogen (secondary N) is 1. The number of nitrogens with zero attached hydrogens (tertiary/aromatic N) is 1. The summed E-state index contributed by atoms with van der Waals surface area (Å²) in [6.07, 6.45) is 0.822. The van der Waals surface area contributed by atoms with Crippen molar-refractivity contribution < 1.29 is 0 Å². The number of nitriles is 1. The molecule has 0 aliphatic rings. The molecule has 0 amide bonds. The molecule has 0 aromatic heterocycles. The van der Waals surface area contributed by atoms with Gasteiger partial charge in [0.1, 0.15) is 5.54 Å². The minimum absolute atomic E-state index is 0.314. The van der Waals surface area contributed by atoms with Crippen molar-refractivity contribution in [2.75, 3.05) is 0 Å². The predicted molar refractivity (Wildman–Crippen MR) is 86.4 cm³/mol. The van der Waals surface area contributed by atoms with E-state index in [0.717, 1.165) is 10.9 Å². The monoisotopic (exact) mass is 340 g/mol. The van der Waals surface area contributed by atoms with Gasteiger partial charge < -0.3 is 0 Å². The van der Waals surface area contributed by atoms with Crippen molar-refractivity contribution in [3.8, 4) is 6.07 Å². The standard InChI is InChI=1S/C15H21BrN2S/c1-11(2)18-15(4,10-17)9-12(3)19-14-7-5-13(16)6-8-14/h5-8,11-12,18H,9H2,1-4H3. The van der Waals surface area contributed by atoms with Crippen molar-refractivity contribution in [3.63, 3.8) is 0 Å². The average molecular weight is 341 g/mol. The van der Waals surface area contributed by atoms with E-state index in [9.17, 15) is 5.26 Å². The van der Waals surface area contributed by atoms with Crippen LogP contribution in [0.3, 0.4) is 0 Å². The Labute approximate surface area is 129 Å². The molecule has 0 aliphatic heterocycles. The molecule has 0 bridgehead atoms. The normalized spacial score (nSPS) is 15.8. The van der Waals surface area contributed by atoms with Crippen LogP contribution in [0.5, 0.6) is 0 Å². The van der Waals surface area contributed by atoms with Crippen molar-refractivity contribution >= 4 is 27.7 Å². The summed E-state index contributed by atoms with van der Waals surface area (Å²) in [7, 11) is 0. The van der Waals surface area contributed by atoms with Crippen molar-refractivity contribution in [2.45, 2.75) is 55.8 Å². The van der Waals surface area contributed by atoms with Crippen LogP contribution in [-0.4, -0.2) is 16.8 Å². The van der Waals surface area contributed by atoms with Crippen LogP contribution in [0.15, 0.2) is 33.6 Å². The molecule has 104 valence electrons. The van der Waals surface area contributed by atoms with Gasteiger partial charge >= 0.3 is 0 Å². The smallest absolute Gasteiger partial charge is 0.105 e. The number of hydrogen-bond acceptors (Lipinski definition) is 3. The lowest BCUT2D eigenvalue weighted by Crippen LogP contribution is -2.46. The first-order valence-corrected chi connectivity index (χ1v) is 8.13. The van der Waals surface area contributed by atoms with Gasteiger partial charge in [-0.05, 0) is 51.5 Å². The van der Waals surface area contributed by atoms with Gasteiger partial charge in [0.15, 0.2) is 0 Å². The summed E-state index contributed by atoms with van der Waals surface area (Å²) >= 11 is 5.25. The van der Waals surface area contributed by atoms with Crippen LogP contribution in [0.2, 0.25) is 0 Å². The zero-order chi connectivity index (χ0) is 14.5. The SMILES string of the molecule is CC(C)NC(C)(C#N)CC(C)Sc1ccc(Br)cc1. The zero-order valence-electron chi connectivity index (χ0n) is 11.9. The van der Waals surface area contributed by atoms with Gasteiger partial charge in [0.25, 0.3) is 0 Å². The van der Waals surface area contributed by atoms with E-state index in [-0.39, 0.29) is 0 Å². The summed E-state index contributed by atoms with van der Waals surface area (Å²) in [4.78, 5) is 1.24. The summed E-state index contributed by atoms with van der Waals surface area (Å²) < 4.78 is 1.09. The summed E-state index contributed by atoms with van der Waals surface area (Å²) in [5.41, 5.74) is -0.462. The molecule has 2 atom stereocenters. The summed E-state index contributed by atoms with van der Waals surface area (Å²) in [6, 6.07) is 11.0. The number of benzene rings is 1. The van der Waals surface area contributed by atoms with Crippen LogP contribution in [0.4, 0.5) is 0 Å². The Morgan fingerprint density at radius 2 is 1.89 bits per heavy atom. The Kier molecular flexibility index (Phi) is 6.38. The molecule has 0 saturated heterocycles. The molecule has 1 N–H and O–H groups in total. The molecule has 1 aromatic rings. The molecule has 0 spiro atoms. The van der Waals surface area contributed by atoms with E-state index >= 15 is 0 Å². The Bertz CT molecular complexity index is 438. The van der Waals surface area contributed by atoms with E-state index in [2.05, 4.69) is 60.2 Å². The molecule has 0 saturated carbocycles.